The Morgan fingerprint density at radius 3 is 2.69 bits per heavy atom. The normalized spacial score (nSPS) is 10.9. The molecule has 0 spiro atoms. The van der Waals surface area contributed by atoms with Crippen LogP contribution in [-0.4, -0.2) is 16.0 Å². The minimum absolute atomic E-state index is 0.154. The number of nitrogens with zero attached hydrogens (tertiary/aromatic N) is 1. The summed E-state index contributed by atoms with van der Waals surface area (Å²) in [4.78, 5) is 16.7. The maximum Gasteiger partial charge on any atom is 0.250 e. The predicted molar refractivity (Wildman–Crippen MR) is 135 cm³/mol. The summed E-state index contributed by atoms with van der Waals surface area (Å²) in [5.41, 5.74) is 2.55. The molecule has 0 fully saturated rings. The molecule has 1 amide bonds. The number of rotatable bonds is 5. The van der Waals surface area contributed by atoms with Gasteiger partial charge >= 0.3 is 0 Å². The van der Waals surface area contributed by atoms with Gasteiger partial charge in [-0.3, -0.25) is 10.1 Å². The standard InChI is InChI=1S/C23H15Cl2N3O2S2/c24-15-6-9-17(18(25)12-15)20-10-7-16(30-20)8-11-21(29)27-22(31)28-23-26-19(13-32-23)14-4-2-1-3-5-14/h1-13H,(H2,26,27,28,29,31)/b11-8+. The number of thiazole rings is 1. The van der Waals surface area contributed by atoms with Crippen molar-refractivity contribution in [2.75, 3.05) is 5.32 Å². The van der Waals surface area contributed by atoms with Crippen LogP contribution in [0.5, 0.6) is 0 Å². The number of amides is 1. The zero-order valence-corrected chi connectivity index (χ0v) is 19.5. The maximum atomic E-state index is 12.2. The highest BCUT2D eigenvalue weighted by Gasteiger charge is 2.10. The lowest BCUT2D eigenvalue weighted by molar-refractivity contribution is -0.115. The number of thiocarbonyl (C=S) groups is 1. The van der Waals surface area contributed by atoms with Gasteiger partial charge in [-0.2, -0.15) is 0 Å². The first-order chi connectivity index (χ1) is 15.5. The summed E-state index contributed by atoms with van der Waals surface area (Å²) in [5.74, 6) is 0.666. The van der Waals surface area contributed by atoms with Crippen LogP contribution < -0.4 is 10.6 Å². The summed E-state index contributed by atoms with van der Waals surface area (Å²) < 4.78 is 5.74. The minimum atomic E-state index is -0.398. The number of aromatic nitrogens is 1. The Bertz CT molecular complexity index is 1300. The van der Waals surface area contributed by atoms with E-state index in [1.54, 1.807) is 36.4 Å². The van der Waals surface area contributed by atoms with Crippen LogP contribution in [0.1, 0.15) is 5.76 Å². The second-order valence-electron chi connectivity index (χ2n) is 6.51. The van der Waals surface area contributed by atoms with Gasteiger partial charge in [0.05, 0.1) is 10.7 Å². The summed E-state index contributed by atoms with van der Waals surface area (Å²) in [6.07, 6.45) is 2.87. The Morgan fingerprint density at radius 2 is 1.91 bits per heavy atom. The molecule has 0 aliphatic heterocycles. The third kappa shape index (κ3) is 5.63. The van der Waals surface area contributed by atoms with E-state index in [4.69, 9.17) is 39.8 Å². The first-order valence-corrected chi connectivity index (χ1v) is 11.4. The Kier molecular flexibility index (Phi) is 7.02. The van der Waals surface area contributed by atoms with E-state index in [-0.39, 0.29) is 5.11 Å². The van der Waals surface area contributed by atoms with Crippen molar-refractivity contribution in [2.45, 2.75) is 0 Å². The Labute approximate surface area is 203 Å². The van der Waals surface area contributed by atoms with Crippen LogP contribution in [0.15, 0.2) is 76.5 Å². The van der Waals surface area contributed by atoms with E-state index in [0.717, 1.165) is 11.3 Å². The van der Waals surface area contributed by atoms with E-state index < -0.39 is 5.91 Å². The molecule has 0 unspecified atom stereocenters. The summed E-state index contributed by atoms with van der Waals surface area (Å²) in [6.45, 7) is 0. The van der Waals surface area contributed by atoms with Gasteiger partial charge in [0.15, 0.2) is 10.2 Å². The molecule has 9 heteroatoms. The molecule has 160 valence electrons. The second-order valence-corrected chi connectivity index (χ2v) is 8.62. The van der Waals surface area contributed by atoms with Crippen LogP contribution in [0.3, 0.4) is 0 Å². The lowest BCUT2D eigenvalue weighted by Crippen LogP contribution is -2.32. The van der Waals surface area contributed by atoms with Crippen LogP contribution in [0.25, 0.3) is 28.7 Å². The molecule has 32 heavy (non-hydrogen) atoms. The second kappa shape index (κ2) is 10.1. The fraction of sp³-hybridized carbons (Fsp3) is 0. The molecule has 0 aliphatic rings. The van der Waals surface area contributed by atoms with Gasteiger partial charge in [0.1, 0.15) is 11.5 Å². The van der Waals surface area contributed by atoms with Crippen molar-refractivity contribution in [1.82, 2.24) is 10.3 Å². The highest BCUT2D eigenvalue weighted by Crippen LogP contribution is 2.31. The molecule has 2 N–H and O–H groups in total. The number of anilines is 1. The fourth-order valence-electron chi connectivity index (χ4n) is 2.79. The van der Waals surface area contributed by atoms with Crippen molar-refractivity contribution in [3.8, 4) is 22.6 Å². The third-order valence-corrected chi connectivity index (χ3v) is 5.76. The SMILES string of the molecule is O=C(/C=C/c1ccc(-c2ccc(Cl)cc2Cl)o1)NC(=S)Nc1nc(-c2ccccc2)cs1. The predicted octanol–water partition coefficient (Wildman–Crippen LogP) is 6.90. The lowest BCUT2D eigenvalue weighted by Gasteiger charge is -2.04. The summed E-state index contributed by atoms with van der Waals surface area (Å²) in [5, 5.41) is 9.20. The van der Waals surface area contributed by atoms with E-state index >= 15 is 0 Å². The Morgan fingerprint density at radius 1 is 1.09 bits per heavy atom. The minimum Gasteiger partial charge on any atom is -0.457 e. The quantitative estimate of drug-likeness (QED) is 0.230. The fourth-order valence-corrected chi connectivity index (χ4v) is 4.28. The van der Waals surface area contributed by atoms with Crippen molar-refractivity contribution < 1.29 is 9.21 Å². The molecular formula is C23H15Cl2N3O2S2. The van der Waals surface area contributed by atoms with Crippen LogP contribution in [0.4, 0.5) is 5.13 Å². The Hall–Kier alpha value is -2.97. The van der Waals surface area contributed by atoms with Crippen molar-refractivity contribution in [3.63, 3.8) is 0 Å². The van der Waals surface area contributed by atoms with Crippen molar-refractivity contribution in [2.24, 2.45) is 0 Å². The van der Waals surface area contributed by atoms with Crippen LogP contribution >= 0.6 is 46.8 Å². The van der Waals surface area contributed by atoms with E-state index in [1.165, 1.54) is 17.4 Å². The van der Waals surface area contributed by atoms with E-state index in [0.29, 0.717) is 32.3 Å². The number of nitrogens with one attached hydrogen (secondary N) is 2. The first-order valence-electron chi connectivity index (χ1n) is 9.34. The molecule has 0 saturated carbocycles. The average Bonchev–Trinajstić information content (AvgIpc) is 3.43. The maximum absolute atomic E-state index is 12.2. The van der Waals surface area contributed by atoms with E-state index in [2.05, 4.69) is 15.6 Å². The molecule has 0 radical (unpaired) electrons. The molecule has 0 saturated heterocycles. The van der Waals surface area contributed by atoms with Crippen molar-refractivity contribution in [1.29, 1.82) is 0 Å². The van der Waals surface area contributed by atoms with E-state index in [9.17, 15) is 4.79 Å². The molecule has 5 nitrogen and oxygen atoms in total. The van der Waals surface area contributed by atoms with Crippen molar-refractivity contribution >= 4 is 69.0 Å². The van der Waals surface area contributed by atoms with Crippen LogP contribution in [0.2, 0.25) is 10.0 Å². The zero-order chi connectivity index (χ0) is 22.5. The zero-order valence-electron chi connectivity index (χ0n) is 16.3. The summed E-state index contributed by atoms with van der Waals surface area (Å²) in [7, 11) is 0. The van der Waals surface area contributed by atoms with Crippen LogP contribution in [-0.2, 0) is 4.79 Å². The van der Waals surface area contributed by atoms with Gasteiger partial charge in [0.25, 0.3) is 0 Å². The number of benzene rings is 2. The number of furan rings is 1. The first kappa shape index (κ1) is 22.2. The molecule has 2 aromatic heterocycles. The monoisotopic (exact) mass is 499 g/mol. The van der Waals surface area contributed by atoms with E-state index in [1.807, 2.05) is 35.7 Å². The molecule has 0 atom stereocenters. The molecule has 0 bridgehead atoms. The lowest BCUT2D eigenvalue weighted by atomic mass is 10.2. The summed E-state index contributed by atoms with van der Waals surface area (Å²) in [6, 6.07) is 18.5. The number of hydrogen-bond donors (Lipinski definition) is 2. The molecule has 2 heterocycles. The smallest absolute Gasteiger partial charge is 0.250 e. The number of hydrogen-bond acceptors (Lipinski definition) is 5. The van der Waals surface area contributed by atoms with Gasteiger partial charge in [-0.05, 0) is 48.6 Å². The average molecular weight is 500 g/mol. The molecule has 2 aromatic carbocycles. The molecule has 0 aliphatic carbocycles. The third-order valence-electron chi connectivity index (χ3n) is 4.25. The molecule has 4 aromatic rings. The number of carbonyl (C=O) groups is 1. The van der Waals surface area contributed by atoms with Gasteiger partial charge in [-0.25, -0.2) is 4.98 Å². The number of halogens is 2. The van der Waals surface area contributed by atoms with Gasteiger partial charge in [-0.15, -0.1) is 11.3 Å². The van der Waals surface area contributed by atoms with Gasteiger partial charge in [0, 0.05) is 27.6 Å². The molecule has 4 rings (SSSR count). The highest BCUT2D eigenvalue weighted by molar-refractivity contribution is 7.80. The molecular weight excluding hydrogens is 485 g/mol. The van der Waals surface area contributed by atoms with Gasteiger partial charge in [-0.1, -0.05) is 53.5 Å². The highest BCUT2D eigenvalue weighted by atomic mass is 35.5. The van der Waals surface area contributed by atoms with Gasteiger partial charge < -0.3 is 9.73 Å². The number of carbonyl (C=O) groups excluding carboxylic acids is 1. The topological polar surface area (TPSA) is 67.2 Å². The summed E-state index contributed by atoms with van der Waals surface area (Å²) >= 11 is 18.7. The van der Waals surface area contributed by atoms with Crippen molar-refractivity contribution in [3.05, 3.63) is 87.9 Å². The van der Waals surface area contributed by atoms with Gasteiger partial charge in [0.2, 0.25) is 5.91 Å². The van der Waals surface area contributed by atoms with Crippen LogP contribution in [0, 0.1) is 0 Å². The largest absolute Gasteiger partial charge is 0.457 e. The Balaban J connectivity index is 1.33.